The lowest BCUT2D eigenvalue weighted by Crippen LogP contribution is -2.36. The number of hydrogen-bond acceptors (Lipinski definition) is 8. The highest BCUT2D eigenvalue weighted by Crippen LogP contribution is 2.35. The van der Waals surface area contributed by atoms with Crippen LogP contribution in [-0.4, -0.2) is 26.6 Å². The molecule has 0 spiro atoms. The number of carbonyl (C=O) groups is 1. The van der Waals surface area contributed by atoms with Crippen LogP contribution >= 0.6 is 22.7 Å². The largest absolute Gasteiger partial charge is 0.424 e. The van der Waals surface area contributed by atoms with Crippen molar-refractivity contribution in [3.63, 3.8) is 0 Å². The second-order valence-electron chi connectivity index (χ2n) is 7.08. The van der Waals surface area contributed by atoms with Crippen molar-refractivity contribution >= 4 is 38.8 Å². The van der Waals surface area contributed by atoms with E-state index < -0.39 is 5.54 Å². The molecule has 1 amide bonds. The van der Waals surface area contributed by atoms with Crippen LogP contribution in [0.2, 0.25) is 0 Å². The molecule has 1 aromatic carbocycles. The summed E-state index contributed by atoms with van der Waals surface area (Å²) in [6.07, 6.45) is 1.48. The summed E-state index contributed by atoms with van der Waals surface area (Å²) >= 11 is 2.77. The molecule has 1 N–H and O–H groups in total. The van der Waals surface area contributed by atoms with Gasteiger partial charge in [-0.15, -0.1) is 21.5 Å². The molecule has 1 aliphatic carbocycles. The van der Waals surface area contributed by atoms with Gasteiger partial charge >= 0.3 is 0 Å². The molecule has 1 fully saturated rings. The Morgan fingerprint density at radius 2 is 2.13 bits per heavy atom. The van der Waals surface area contributed by atoms with Crippen LogP contribution in [-0.2, 0) is 17.6 Å². The number of hydrogen-bond donors (Lipinski definition) is 1. The maximum atomic E-state index is 15.0. The Balaban J connectivity index is 1.31. The Kier molecular flexibility index (Phi) is 4.56. The van der Waals surface area contributed by atoms with Crippen LogP contribution in [0.25, 0.3) is 21.3 Å². The molecule has 3 heterocycles. The first-order valence-corrected chi connectivity index (χ1v) is 11.0. The molecule has 5 rings (SSSR count). The number of halogens is 1. The van der Waals surface area contributed by atoms with E-state index in [1.807, 2.05) is 16.8 Å². The van der Waals surface area contributed by atoms with Crippen LogP contribution in [0.1, 0.15) is 29.6 Å². The molecule has 0 saturated heterocycles. The molecule has 0 radical (unpaired) electrons. The van der Waals surface area contributed by atoms with E-state index in [2.05, 4.69) is 26.6 Å². The number of nitriles is 1. The van der Waals surface area contributed by atoms with Crippen molar-refractivity contribution < 1.29 is 13.6 Å². The van der Waals surface area contributed by atoms with E-state index in [0.717, 1.165) is 5.56 Å². The minimum atomic E-state index is -0.729. The van der Waals surface area contributed by atoms with Crippen LogP contribution in [0.3, 0.4) is 0 Å². The number of thiophene rings is 1. The molecule has 0 atom stereocenters. The molecule has 0 aliphatic heterocycles. The first-order valence-electron chi connectivity index (χ1n) is 9.19. The lowest BCUT2D eigenvalue weighted by atomic mass is 10.1. The van der Waals surface area contributed by atoms with Gasteiger partial charge in [0.1, 0.15) is 22.8 Å². The first kappa shape index (κ1) is 18.8. The van der Waals surface area contributed by atoms with E-state index in [1.54, 1.807) is 12.1 Å². The summed E-state index contributed by atoms with van der Waals surface area (Å²) < 4.78 is 21.0. The first-order chi connectivity index (χ1) is 14.5. The highest BCUT2D eigenvalue weighted by atomic mass is 32.1. The summed E-state index contributed by atoms with van der Waals surface area (Å²) in [5.74, 6) is -0.142. The van der Waals surface area contributed by atoms with Crippen molar-refractivity contribution in [1.82, 2.24) is 20.5 Å². The molecule has 4 aromatic rings. The van der Waals surface area contributed by atoms with E-state index in [1.165, 1.54) is 22.7 Å². The van der Waals surface area contributed by atoms with Gasteiger partial charge in [0, 0.05) is 5.56 Å². The molecule has 1 aliphatic rings. The Hall–Kier alpha value is -3.16. The maximum Gasteiger partial charge on any atom is 0.230 e. The van der Waals surface area contributed by atoms with Crippen LogP contribution in [0.5, 0.6) is 0 Å². The number of amides is 1. The summed E-state index contributed by atoms with van der Waals surface area (Å²) in [4.78, 5) is 16.5. The average molecular weight is 439 g/mol. The van der Waals surface area contributed by atoms with Crippen LogP contribution in [0.4, 0.5) is 4.39 Å². The number of carbonyl (C=O) groups excluding carboxylic acids is 1. The quantitative estimate of drug-likeness (QED) is 0.489. The fourth-order valence-electron chi connectivity index (χ4n) is 3.12. The summed E-state index contributed by atoms with van der Waals surface area (Å²) in [5, 5.41) is 24.0. The lowest BCUT2D eigenvalue weighted by molar-refractivity contribution is -0.121. The zero-order valence-electron chi connectivity index (χ0n) is 15.5. The van der Waals surface area contributed by atoms with E-state index in [0.29, 0.717) is 39.5 Å². The molecule has 150 valence electrons. The molecule has 3 aromatic heterocycles. The molecule has 0 unspecified atom stereocenters. The average Bonchev–Trinajstić information content (AvgIpc) is 3.14. The number of fused-ring (bicyclic) bond motifs is 1. The van der Waals surface area contributed by atoms with E-state index in [4.69, 9.17) is 9.68 Å². The normalized spacial score (nSPS) is 14.5. The summed E-state index contributed by atoms with van der Waals surface area (Å²) in [5.41, 5.74) is 1.25. The Morgan fingerprint density at radius 3 is 2.87 bits per heavy atom. The molecular formula is C20H14FN5O2S2. The molecule has 1 saturated carbocycles. The fourth-order valence-corrected chi connectivity index (χ4v) is 4.77. The predicted molar refractivity (Wildman–Crippen MR) is 109 cm³/mol. The van der Waals surface area contributed by atoms with Crippen LogP contribution in [0.15, 0.2) is 33.4 Å². The zero-order chi connectivity index (χ0) is 20.7. The van der Waals surface area contributed by atoms with Gasteiger partial charge in [0.15, 0.2) is 0 Å². The van der Waals surface area contributed by atoms with E-state index >= 15 is 0 Å². The number of aromatic nitrogens is 3. The van der Waals surface area contributed by atoms with Crippen LogP contribution in [0, 0.1) is 17.1 Å². The number of nitrogens with zero attached hydrogens (tertiary/aromatic N) is 4. The Labute approximate surface area is 178 Å². The van der Waals surface area contributed by atoms with Crippen molar-refractivity contribution in [1.29, 1.82) is 5.26 Å². The third kappa shape index (κ3) is 3.58. The summed E-state index contributed by atoms with van der Waals surface area (Å²) in [6.45, 7) is 0. The highest BCUT2D eigenvalue weighted by Gasteiger charge is 2.44. The zero-order valence-corrected chi connectivity index (χ0v) is 17.1. The van der Waals surface area contributed by atoms with Gasteiger partial charge in [-0.25, -0.2) is 9.37 Å². The van der Waals surface area contributed by atoms with E-state index in [-0.39, 0.29) is 30.5 Å². The smallest absolute Gasteiger partial charge is 0.230 e. The van der Waals surface area contributed by atoms with Crippen molar-refractivity contribution in [2.75, 3.05) is 0 Å². The molecule has 30 heavy (non-hydrogen) atoms. The maximum absolute atomic E-state index is 15.0. The number of benzene rings is 1. The van der Waals surface area contributed by atoms with Crippen LogP contribution < -0.4 is 5.32 Å². The highest BCUT2D eigenvalue weighted by molar-refractivity contribution is 7.18. The number of rotatable bonds is 6. The summed E-state index contributed by atoms with van der Waals surface area (Å²) in [6, 6.07) is 7.53. The monoisotopic (exact) mass is 439 g/mol. The lowest BCUT2D eigenvalue weighted by Gasteiger charge is -2.06. The van der Waals surface area contributed by atoms with Gasteiger partial charge < -0.3 is 9.73 Å². The van der Waals surface area contributed by atoms with Gasteiger partial charge in [0.2, 0.25) is 17.7 Å². The van der Waals surface area contributed by atoms with E-state index in [9.17, 15) is 9.18 Å². The van der Waals surface area contributed by atoms with Crippen molar-refractivity contribution in [3.8, 4) is 17.2 Å². The number of nitrogens with one attached hydrogen (secondary N) is 1. The molecular weight excluding hydrogens is 425 g/mol. The Morgan fingerprint density at radius 1 is 1.30 bits per heavy atom. The number of thiazole rings is 1. The Bertz CT molecular complexity index is 1280. The van der Waals surface area contributed by atoms with Gasteiger partial charge in [-0.2, -0.15) is 16.6 Å². The van der Waals surface area contributed by atoms with Gasteiger partial charge in [-0.3, -0.25) is 4.79 Å². The predicted octanol–water partition coefficient (Wildman–Crippen LogP) is 3.85. The SMILES string of the molecule is N#CC1(NC(=O)Cc2nnc(Cc3nc4ccc(-c5ccsc5)c(F)c4s3)o2)CC1. The molecule has 7 nitrogen and oxygen atoms in total. The van der Waals surface area contributed by atoms with Gasteiger partial charge in [-0.05, 0) is 47.4 Å². The van der Waals surface area contributed by atoms with Gasteiger partial charge in [0.05, 0.1) is 22.7 Å². The van der Waals surface area contributed by atoms with Crippen molar-refractivity contribution in [3.05, 3.63) is 51.6 Å². The second-order valence-corrected chi connectivity index (χ2v) is 8.94. The van der Waals surface area contributed by atoms with Crippen molar-refractivity contribution in [2.24, 2.45) is 0 Å². The van der Waals surface area contributed by atoms with Crippen molar-refractivity contribution in [2.45, 2.75) is 31.2 Å². The topological polar surface area (TPSA) is 105 Å². The van der Waals surface area contributed by atoms with Gasteiger partial charge in [-0.1, -0.05) is 0 Å². The van der Waals surface area contributed by atoms with Gasteiger partial charge in [0.25, 0.3) is 0 Å². The third-order valence-corrected chi connectivity index (χ3v) is 6.59. The standard InChI is InChI=1S/C20H14FN5O2S2/c21-18-12(11-3-6-29-9-11)1-2-13-19(18)30-17(23-13)8-16-26-25-15(28-16)7-14(27)24-20(10-22)4-5-20/h1-3,6,9H,4-5,7-8H2,(H,24,27). The minimum Gasteiger partial charge on any atom is -0.424 e. The summed E-state index contributed by atoms with van der Waals surface area (Å²) in [7, 11) is 0. The third-order valence-electron chi connectivity index (χ3n) is 4.84. The molecule has 0 bridgehead atoms. The fraction of sp³-hybridized carbons (Fsp3) is 0.250. The molecule has 10 heteroatoms. The minimum absolute atomic E-state index is 0.0884. The second kappa shape index (κ2) is 7.27.